The van der Waals surface area contributed by atoms with Gasteiger partial charge in [0, 0.05) is 23.1 Å². The Labute approximate surface area is 210 Å². The lowest BCUT2D eigenvalue weighted by molar-refractivity contribution is -0.141. The van der Waals surface area contributed by atoms with Crippen LogP contribution in [0.2, 0.25) is 0 Å². The van der Waals surface area contributed by atoms with Gasteiger partial charge in [-0.25, -0.2) is 0 Å². The van der Waals surface area contributed by atoms with Crippen LogP contribution in [0.15, 0.2) is 42.1 Å². The van der Waals surface area contributed by atoms with Crippen LogP contribution in [0.3, 0.4) is 0 Å². The zero-order valence-electron chi connectivity index (χ0n) is 20.4. The molecule has 200 valence electrons. The van der Waals surface area contributed by atoms with Crippen LogP contribution in [0.5, 0.6) is 0 Å². The maximum atomic E-state index is 13.6. The van der Waals surface area contributed by atoms with Crippen LogP contribution >= 0.6 is 0 Å². The number of amides is 2. The second-order valence-corrected chi connectivity index (χ2v) is 11.3. The number of nitrogens with one attached hydrogen (secondary N) is 2. The number of fused-ring (bicyclic) bond motifs is 5. The van der Waals surface area contributed by atoms with Gasteiger partial charge in [-0.3, -0.25) is 9.59 Å². The fourth-order valence-electron chi connectivity index (χ4n) is 7.58. The van der Waals surface area contributed by atoms with Gasteiger partial charge < -0.3 is 10.6 Å². The number of anilines is 1. The van der Waals surface area contributed by atoms with E-state index in [1.807, 2.05) is 19.1 Å². The summed E-state index contributed by atoms with van der Waals surface area (Å²) in [5.41, 5.74) is -3.36. The first-order chi connectivity index (χ1) is 17.1. The Hall–Kier alpha value is -2.78. The number of hydrogen-bond donors (Lipinski definition) is 2. The summed E-state index contributed by atoms with van der Waals surface area (Å²) in [4.78, 5) is 25.2. The number of hydrogen-bond acceptors (Lipinski definition) is 2. The zero-order valence-corrected chi connectivity index (χ0v) is 20.4. The first-order valence-electron chi connectivity index (χ1n) is 12.4. The SMILES string of the molecule is C[C@]12CC[C@H]3[C@@H](CC=C4NC(=O)C=C[C@@]43C)[C@@H]1CC[C@H]2C(=O)Nc1cc(C(F)(F)F)ccc1C(F)(F)F. The summed E-state index contributed by atoms with van der Waals surface area (Å²) in [6.07, 6.45) is -0.905. The van der Waals surface area contributed by atoms with Crippen molar-refractivity contribution in [2.45, 2.75) is 58.3 Å². The van der Waals surface area contributed by atoms with E-state index in [4.69, 9.17) is 0 Å². The lowest BCUT2D eigenvalue weighted by atomic mass is 9.50. The molecule has 2 N–H and O–H groups in total. The molecule has 1 aromatic rings. The molecule has 2 fully saturated rings. The van der Waals surface area contributed by atoms with Crippen LogP contribution in [-0.4, -0.2) is 11.8 Å². The highest BCUT2D eigenvalue weighted by Gasteiger charge is 2.59. The third-order valence-corrected chi connectivity index (χ3v) is 9.45. The van der Waals surface area contributed by atoms with E-state index in [2.05, 4.69) is 17.6 Å². The highest BCUT2D eigenvalue weighted by molar-refractivity contribution is 5.94. The summed E-state index contributed by atoms with van der Waals surface area (Å²) in [7, 11) is 0. The summed E-state index contributed by atoms with van der Waals surface area (Å²) in [5.74, 6) is -0.849. The Morgan fingerprint density at radius 1 is 1.03 bits per heavy atom. The first-order valence-corrected chi connectivity index (χ1v) is 12.4. The van der Waals surface area contributed by atoms with Crippen molar-refractivity contribution < 1.29 is 35.9 Å². The molecule has 3 aliphatic carbocycles. The number of benzene rings is 1. The topological polar surface area (TPSA) is 58.2 Å². The van der Waals surface area contributed by atoms with Crippen molar-refractivity contribution in [1.82, 2.24) is 5.32 Å². The molecule has 1 aromatic carbocycles. The molecule has 0 bridgehead atoms. The monoisotopic (exact) mass is 526 g/mol. The summed E-state index contributed by atoms with van der Waals surface area (Å²) in [6, 6.07) is 1.11. The van der Waals surface area contributed by atoms with Gasteiger partial charge in [-0.15, -0.1) is 0 Å². The fourth-order valence-corrected chi connectivity index (χ4v) is 7.58. The van der Waals surface area contributed by atoms with Gasteiger partial charge in [0.25, 0.3) is 0 Å². The van der Waals surface area contributed by atoms with Gasteiger partial charge in [-0.1, -0.05) is 26.0 Å². The average Bonchev–Trinajstić information content (AvgIpc) is 3.15. The fraction of sp³-hybridized carbons (Fsp3) is 0.556. The van der Waals surface area contributed by atoms with Gasteiger partial charge in [0.2, 0.25) is 11.8 Å². The lowest BCUT2D eigenvalue weighted by Gasteiger charge is -2.55. The minimum absolute atomic E-state index is 0.131. The Bertz CT molecular complexity index is 1200. The minimum atomic E-state index is -4.92. The van der Waals surface area contributed by atoms with Crippen molar-refractivity contribution in [3.05, 3.63) is 53.3 Å². The first kappa shape index (κ1) is 25.9. The molecule has 0 spiro atoms. The van der Waals surface area contributed by atoms with Crippen molar-refractivity contribution in [3.8, 4) is 0 Å². The highest BCUT2D eigenvalue weighted by Crippen LogP contribution is 2.64. The number of carbonyl (C=O) groups is 2. The molecule has 0 saturated heterocycles. The summed E-state index contributed by atoms with van der Waals surface area (Å²) >= 11 is 0. The van der Waals surface area contributed by atoms with Crippen molar-refractivity contribution in [3.63, 3.8) is 0 Å². The second-order valence-electron chi connectivity index (χ2n) is 11.3. The molecule has 0 unspecified atom stereocenters. The maximum Gasteiger partial charge on any atom is 0.418 e. The van der Waals surface area contributed by atoms with E-state index in [-0.39, 0.29) is 29.1 Å². The average molecular weight is 527 g/mol. The van der Waals surface area contributed by atoms with Gasteiger partial charge in [0.15, 0.2) is 0 Å². The molecule has 4 aliphatic rings. The Morgan fingerprint density at radius 2 is 1.76 bits per heavy atom. The Balaban J connectivity index is 1.41. The van der Waals surface area contributed by atoms with E-state index < -0.39 is 46.4 Å². The molecule has 0 radical (unpaired) electrons. The predicted molar refractivity (Wildman–Crippen MR) is 124 cm³/mol. The summed E-state index contributed by atoms with van der Waals surface area (Å²) < 4.78 is 80.3. The van der Waals surface area contributed by atoms with Crippen LogP contribution in [0.1, 0.15) is 57.1 Å². The molecule has 5 rings (SSSR count). The minimum Gasteiger partial charge on any atom is -0.326 e. The van der Waals surface area contributed by atoms with Gasteiger partial charge in [0.1, 0.15) is 0 Å². The normalized spacial score (nSPS) is 35.1. The van der Waals surface area contributed by atoms with Crippen molar-refractivity contribution in [2.75, 3.05) is 5.32 Å². The third-order valence-electron chi connectivity index (χ3n) is 9.45. The second kappa shape index (κ2) is 8.36. The van der Waals surface area contributed by atoms with E-state index >= 15 is 0 Å². The molecular weight excluding hydrogens is 498 g/mol. The van der Waals surface area contributed by atoms with Gasteiger partial charge in [0.05, 0.1) is 16.8 Å². The molecule has 10 heteroatoms. The van der Waals surface area contributed by atoms with Gasteiger partial charge in [-0.05, 0) is 73.5 Å². The lowest BCUT2D eigenvalue weighted by Crippen LogP contribution is -2.52. The molecule has 6 atom stereocenters. The Kier molecular flexibility index (Phi) is 5.84. The highest BCUT2D eigenvalue weighted by atomic mass is 19.4. The Morgan fingerprint density at radius 3 is 2.43 bits per heavy atom. The maximum absolute atomic E-state index is 13.6. The summed E-state index contributed by atoms with van der Waals surface area (Å²) in [6.45, 7) is 4.09. The number of rotatable bonds is 2. The molecule has 2 amide bonds. The smallest absolute Gasteiger partial charge is 0.326 e. The van der Waals surface area contributed by atoms with Crippen LogP contribution in [0.4, 0.5) is 32.0 Å². The standard InChI is InChI=1S/C27H28F6N2O2/c1-24-11-9-17-15(4-8-21-25(17,2)12-10-22(36)35-21)16(24)6-7-19(24)23(37)34-20-13-14(26(28,29)30)3-5-18(20)27(31,32)33/h3,5,8,10,12-13,15-17,19H,4,6-7,9,11H2,1-2H3,(H,34,37)(H,35,36)/t15-,16-,17-,19-,24-,25+/m0/s1. The molecule has 1 aliphatic heterocycles. The molecule has 0 aromatic heterocycles. The quantitative estimate of drug-likeness (QED) is 0.422. The van der Waals surface area contributed by atoms with Crippen molar-refractivity contribution in [2.24, 2.45) is 34.5 Å². The van der Waals surface area contributed by atoms with Crippen molar-refractivity contribution in [1.29, 1.82) is 0 Å². The van der Waals surface area contributed by atoms with Crippen LogP contribution < -0.4 is 10.6 Å². The van der Waals surface area contributed by atoms with Crippen LogP contribution in [0.25, 0.3) is 0 Å². The molecule has 37 heavy (non-hydrogen) atoms. The molecule has 2 saturated carbocycles. The third kappa shape index (κ3) is 4.16. The van der Waals surface area contributed by atoms with Gasteiger partial charge in [-0.2, -0.15) is 26.3 Å². The van der Waals surface area contributed by atoms with Gasteiger partial charge >= 0.3 is 12.4 Å². The molecule has 4 nitrogen and oxygen atoms in total. The van der Waals surface area contributed by atoms with Crippen LogP contribution in [0, 0.1) is 34.5 Å². The largest absolute Gasteiger partial charge is 0.418 e. The van der Waals surface area contributed by atoms with E-state index in [1.54, 1.807) is 6.08 Å². The zero-order chi connectivity index (χ0) is 27.0. The van der Waals surface area contributed by atoms with Crippen molar-refractivity contribution >= 4 is 17.5 Å². The number of halogens is 6. The number of allylic oxidation sites excluding steroid dienone is 2. The number of alkyl halides is 6. The predicted octanol–water partition coefficient (Wildman–Crippen LogP) is 6.70. The molecule has 1 heterocycles. The van der Waals surface area contributed by atoms with E-state index in [9.17, 15) is 35.9 Å². The van der Waals surface area contributed by atoms with E-state index in [0.29, 0.717) is 37.5 Å². The van der Waals surface area contributed by atoms with E-state index in [1.165, 1.54) is 0 Å². The summed E-state index contributed by atoms with van der Waals surface area (Å²) in [5, 5.41) is 5.18. The van der Waals surface area contributed by atoms with E-state index in [0.717, 1.165) is 18.5 Å². The van der Waals surface area contributed by atoms with Crippen LogP contribution in [-0.2, 0) is 21.9 Å². The number of carbonyl (C=O) groups excluding carboxylic acids is 2. The molecular formula is C27H28F6N2O2.